The minimum atomic E-state index is -5.08. The summed E-state index contributed by atoms with van der Waals surface area (Å²) in [5.41, 5.74) is 6.47. The van der Waals surface area contributed by atoms with Gasteiger partial charge in [-0.2, -0.15) is 18.3 Å². The molecule has 10 heteroatoms. The first-order valence-corrected chi connectivity index (χ1v) is 10.4. The highest BCUT2D eigenvalue weighted by molar-refractivity contribution is 5.96. The molecule has 2 N–H and O–H groups in total. The molecule has 0 spiro atoms. The summed E-state index contributed by atoms with van der Waals surface area (Å²) in [7, 11) is 0. The van der Waals surface area contributed by atoms with E-state index < -0.39 is 12.1 Å². The van der Waals surface area contributed by atoms with Crippen molar-refractivity contribution >= 4 is 11.9 Å². The van der Waals surface area contributed by atoms with Gasteiger partial charge >= 0.3 is 12.1 Å². The van der Waals surface area contributed by atoms with Crippen molar-refractivity contribution < 1.29 is 27.9 Å². The molecule has 0 fully saturated rings. The van der Waals surface area contributed by atoms with Crippen molar-refractivity contribution in [2.75, 3.05) is 6.54 Å². The van der Waals surface area contributed by atoms with Gasteiger partial charge in [0.15, 0.2) is 0 Å². The van der Waals surface area contributed by atoms with Crippen LogP contribution < -0.4 is 5.32 Å². The molecule has 31 heavy (non-hydrogen) atoms. The van der Waals surface area contributed by atoms with E-state index in [4.69, 9.17) is 15.0 Å². The maximum atomic E-state index is 12.2. The molecule has 0 aromatic carbocycles. The van der Waals surface area contributed by atoms with Crippen LogP contribution in [0, 0.1) is 0 Å². The highest BCUT2D eigenvalue weighted by Gasteiger charge is 2.38. The summed E-state index contributed by atoms with van der Waals surface area (Å²) in [5.74, 6) is -2.74. The first-order valence-electron chi connectivity index (χ1n) is 10.4. The number of nitrogens with one attached hydrogen (secondary N) is 1. The number of halogens is 3. The van der Waals surface area contributed by atoms with Crippen LogP contribution in [0.2, 0.25) is 0 Å². The van der Waals surface area contributed by atoms with Crippen LogP contribution in [0.5, 0.6) is 0 Å². The molecule has 0 radical (unpaired) electrons. The van der Waals surface area contributed by atoms with Gasteiger partial charge in [0.25, 0.3) is 5.91 Å². The number of amides is 1. The number of carboxylic acids is 1. The fourth-order valence-electron chi connectivity index (χ4n) is 3.80. The Hall–Kier alpha value is -2.91. The van der Waals surface area contributed by atoms with E-state index in [2.05, 4.69) is 23.3 Å². The second-order valence-electron chi connectivity index (χ2n) is 7.60. The number of aryl methyl sites for hydroxylation is 2. The normalized spacial score (nSPS) is 14.5. The van der Waals surface area contributed by atoms with Crippen LogP contribution >= 0.6 is 0 Å². The van der Waals surface area contributed by atoms with Crippen LogP contribution in [0.3, 0.4) is 0 Å². The van der Waals surface area contributed by atoms with Crippen molar-refractivity contribution in [3.63, 3.8) is 0 Å². The molecule has 2 aromatic rings. The largest absolute Gasteiger partial charge is 0.490 e. The maximum absolute atomic E-state index is 12.2. The van der Waals surface area contributed by atoms with Gasteiger partial charge in [-0.15, -0.1) is 0 Å². The number of aromatic nitrogens is 3. The third kappa shape index (κ3) is 5.23. The first-order chi connectivity index (χ1) is 14.7. The Morgan fingerprint density at radius 2 is 2.00 bits per heavy atom. The van der Waals surface area contributed by atoms with E-state index in [1.807, 2.05) is 10.9 Å². The molecule has 0 bridgehead atoms. The van der Waals surface area contributed by atoms with E-state index in [9.17, 15) is 18.0 Å². The van der Waals surface area contributed by atoms with Gasteiger partial charge in [-0.05, 0) is 37.3 Å². The Morgan fingerprint density at radius 1 is 1.26 bits per heavy atom. The molecular formula is C21H25F3N4O3. The molecule has 0 atom stereocenters. The number of carbonyl (C=O) groups is 2. The summed E-state index contributed by atoms with van der Waals surface area (Å²) in [6, 6.07) is 2.20. The van der Waals surface area contributed by atoms with Gasteiger partial charge in [-0.1, -0.05) is 26.2 Å². The molecule has 1 aliphatic heterocycles. The Labute approximate surface area is 177 Å². The van der Waals surface area contributed by atoms with Crippen LogP contribution in [-0.4, -0.2) is 44.5 Å². The van der Waals surface area contributed by atoms with Crippen molar-refractivity contribution in [2.45, 2.75) is 64.6 Å². The van der Waals surface area contributed by atoms with Crippen LogP contribution in [0.1, 0.15) is 59.9 Å². The molecule has 2 aliphatic rings. The summed E-state index contributed by atoms with van der Waals surface area (Å²) in [4.78, 5) is 25.8. The zero-order chi connectivity index (χ0) is 22.6. The van der Waals surface area contributed by atoms with Crippen molar-refractivity contribution in [2.24, 2.45) is 0 Å². The molecular weight excluding hydrogens is 413 g/mol. The summed E-state index contributed by atoms with van der Waals surface area (Å²) in [6.45, 7) is 3.66. The number of hydrogen-bond acceptors (Lipinski definition) is 4. The van der Waals surface area contributed by atoms with E-state index in [1.54, 1.807) is 0 Å². The van der Waals surface area contributed by atoms with Crippen LogP contribution in [0.4, 0.5) is 13.2 Å². The molecule has 0 unspecified atom stereocenters. The second kappa shape index (κ2) is 9.49. The van der Waals surface area contributed by atoms with Crippen molar-refractivity contribution in [1.82, 2.24) is 20.1 Å². The van der Waals surface area contributed by atoms with Gasteiger partial charge in [0.1, 0.15) is 5.69 Å². The zero-order valence-corrected chi connectivity index (χ0v) is 17.3. The summed E-state index contributed by atoms with van der Waals surface area (Å²) < 4.78 is 33.6. The summed E-state index contributed by atoms with van der Waals surface area (Å²) in [6.07, 6.45) is 4.78. The van der Waals surface area contributed by atoms with Crippen molar-refractivity contribution in [1.29, 1.82) is 0 Å². The highest BCUT2D eigenvalue weighted by atomic mass is 19.4. The number of carboxylic acid groups (broad SMARTS) is 1. The van der Waals surface area contributed by atoms with E-state index in [0.29, 0.717) is 6.54 Å². The Balaban J connectivity index is 0.000000339. The third-order valence-electron chi connectivity index (χ3n) is 5.35. The average Bonchev–Trinajstić information content (AvgIpc) is 3.11. The van der Waals surface area contributed by atoms with Gasteiger partial charge in [0, 0.05) is 29.6 Å². The van der Waals surface area contributed by atoms with Crippen molar-refractivity contribution in [3.8, 4) is 11.3 Å². The number of alkyl halides is 3. The molecule has 0 saturated heterocycles. The van der Waals surface area contributed by atoms with E-state index in [0.717, 1.165) is 48.5 Å². The molecule has 0 saturated carbocycles. The quantitative estimate of drug-likeness (QED) is 0.696. The van der Waals surface area contributed by atoms with Gasteiger partial charge in [0.05, 0.1) is 12.2 Å². The number of nitrogens with zero attached hydrogens (tertiary/aromatic N) is 3. The van der Waals surface area contributed by atoms with Crippen molar-refractivity contribution in [3.05, 3.63) is 34.8 Å². The molecule has 1 aliphatic carbocycles. The van der Waals surface area contributed by atoms with Gasteiger partial charge < -0.3 is 10.4 Å². The lowest BCUT2D eigenvalue weighted by Gasteiger charge is -2.18. The Bertz CT molecular complexity index is 970. The standard InChI is InChI=1S/C19H24N4O.C2HF3O2/c1-2-3-4-5-6-14-11-16-13(12-21-14)7-8-15-17(16)22-23-10-9-20-19(24)18(15)23;3-2(4,5)1(6)7/h11-12H,2-10H2,1H3,(H,20,24);(H,6,7). The monoisotopic (exact) mass is 438 g/mol. The van der Waals surface area contributed by atoms with Gasteiger partial charge in [0.2, 0.25) is 0 Å². The topological polar surface area (TPSA) is 97.1 Å². The highest BCUT2D eigenvalue weighted by Crippen LogP contribution is 2.35. The Kier molecular flexibility index (Phi) is 6.97. The van der Waals surface area contributed by atoms with E-state index in [1.165, 1.54) is 36.8 Å². The fraction of sp³-hybridized carbons (Fsp3) is 0.524. The van der Waals surface area contributed by atoms with Gasteiger partial charge in [-0.25, -0.2) is 4.79 Å². The van der Waals surface area contributed by atoms with Crippen LogP contribution in [0.15, 0.2) is 12.3 Å². The fourth-order valence-corrected chi connectivity index (χ4v) is 3.80. The lowest BCUT2D eigenvalue weighted by atomic mass is 9.89. The van der Waals surface area contributed by atoms with Crippen LogP contribution in [-0.2, 0) is 30.6 Å². The molecule has 2 aromatic heterocycles. The smallest absolute Gasteiger partial charge is 0.475 e. The predicted molar refractivity (Wildman–Crippen MR) is 107 cm³/mol. The van der Waals surface area contributed by atoms with E-state index >= 15 is 0 Å². The average molecular weight is 438 g/mol. The van der Waals surface area contributed by atoms with E-state index in [-0.39, 0.29) is 5.91 Å². The second-order valence-corrected chi connectivity index (χ2v) is 7.60. The number of pyridine rings is 1. The number of carbonyl (C=O) groups excluding carboxylic acids is 1. The number of fused-ring (bicyclic) bond motifs is 5. The number of hydrogen-bond donors (Lipinski definition) is 2. The van der Waals surface area contributed by atoms with Crippen LogP contribution in [0.25, 0.3) is 11.3 Å². The minimum Gasteiger partial charge on any atom is -0.475 e. The maximum Gasteiger partial charge on any atom is 0.490 e. The number of unbranched alkanes of at least 4 members (excludes halogenated alkanes) is 3. The molecule has 7 nitrogen and oxygen atoms in total. The minimum absolute atomic E-state index is 0.0206. The molecule has 168 valence electrons. The molecule has 3 heterocycles. The van der Waals surface area contributed by atoms with Gasteiger partial charge in [-0.3, -0.25) is 14.5 Å². The Morgan fingerprint density at radius 3 is 2.68 bits per heavy atom. The molecule has 4 rings (SSSR count). The third-order valence-corrected chi connectivity index (χ3v) is 5.35. The summed E-state index contributed by atoms with van der Waals surface area (Å²) in [5, 5.41) is 14.8. The first kappa shape index (κ1) is 22.8. The lowest BCUT2D eigenvalue weighted by Crippen LogP contribution is -2.36. The summed E-state index contributed by atoms with van der Waals surface area (Å²) >= 11 is 0. The SMILES string of the molecule is CCCCCCc1cc2c(cn1)CCc1c-2nn2c1C(=O)NCC2.O=C(O)C(F)(F)F. The number of rotatable bonds is 5. The zero-order valence-electron chi connectivity index (χ0n) is 17.3. The molecule has 1 amide bonds. The lowest BCUT2D eigenvalue weighted by molar-refractivity contribution is -0.192. The predicted octanol–water partition coefficient (Wildman–Crippen LogP) is 3.54. The number of aliphatic carboxylic acids is 1.